The van der Waals surface area contributed by atoms with Crippen molar-refractivity contribution < 1.29 is 4.74 Å². The molecule has 1 heteroatoms. The quantitative estimate of drug-likeness (QED) is 0.687. The maximum Gasteiger partial charge on any atom is 0.118 e. The Morgan fingerprint density at radius 3 is 2.23 bits per heavy atom. The lowest BCUT2D eigenvalue weighted by atomic mass is 10.0. The summed E-state index contributed by atoms with van der Waals surface area (Å²) in [5.74, 6) is 1.72. The molecule has 0 saturated carbocycles. The zero-order valence-corrected chi connectivity index (χ0v) is 8.71. The van der Waals surface area contributed by atoms with Crippen LogP contribution >= 0.6 is 0 Å². The van der Waals surface area contributed by atoms with E-state index in [1.807, 2.05) is 12.1 Å². The molecule has 1 aromatic rings. The molecule has 0 saturated heterocycles. The van der Waals surface area contributed by atoms with Gasteiger partial charge in [-0.15, -0.1) is 0 Å². The van der Waals surface area contributed by atoms with Crippen LogP contribution < -0.4 is 4.74 Å². The van der Waals surface area contributed by atoms with Crippen LogP contribution in [0.25, 0.3) is 0 Å². The van der Waals surface area contributed by atoms with E-state index in [2.05, 4.69) is 26.0 Å². The number of rotatable bonds is 4. The van der Waals surface area contributed by atoms with Crippen molar-refractivity contribution in [3.63, 3.8) is 0 Å². The molecule has 0 aliphatic carbocycles. The Morgan fingerprint density at radius 2 is 1.77 bits per heavy atom. The van der Waals surface area contributed by atoms with Crippen LogP contribution in [0.4, 0.5) is 0 Å². The highest BCUT2D eigenvalue weighted by Crippen LogP contribution is 2.14. The molecule has 0 aromatic heterocycles. The van der Waals surface area contributed by atoms with Gasteiger partial charge in [0.1, 0.15) is 5.75 Å². The third-order valence-electron chi connectivity index (χ3n) is 2.17. The predicted molar refractivity (Wildman–Crippen MR) is 56.2 cm³/mol. The lowest BCUT2D eigenvalue weighted by Crippen LogP contribution is -1.92. The van der Waals surface area contributed by atoms with Gasteiger partial charge in [-0.1, -0.05) is 26.0 Å². The van der Waals surface area contributed by atoms with Gasteiger partial charge in [-0.3, -0.25) is 0 Å². The summed E-state index contributed by atoms with van der Waals surface area (Å²) >= 11 is 0. The van der Waals surface area contributed by atoms with Crippen molar-refractivity contribution in [1.82, 2.24) is 0 Å². The first kappa shape index (κ1) is 10.1. The molecule has 72 valence electrons. The van der Waals surface area contributed by atoms with Gasteiger partial charge in [-0.2, -0.15) is 0 Å². The summed E-state index contributed by atoms with van der Waals surface area (Å²) in [5, 5.41) is 0. The number of ether oxygens (including phenoxy) is 1. The van der Waals surface area contributed by atoms with Crippen LogP contribution in [-0.2, 0) is 6.42 Å². The molecule has 0 aliphatic rings. The van der Waals surface area contributed by atoms with Gasteiger partial charge in [0, 0.05) is 0 Å². The van der Waals surface area contributed by atoms with Gasteiger partial charge < -0.3 is 4.74 Å². The maximum atomic E-state index is 5.09. The Morgan fingerprint density at radius 1 is 1.15 bits per heavy atom. The van der Waals surface area contributed by atoms with Crippen molar-refractivity contribution >= 4 is 0 Å². The summed E-state index contributed by atoms with van der Waals surface area (Å²) in [5.41, 5.74) is 1.40. The molecule has 0 unspecified atom stereocenters. The molecule has 0 radical (unpaired) electrons. The van der Waals surface area contributed by atoms with Crippen LogP contribution in [0.1, 0.15) is 25.8 Å². The molecule has 0 bridgehead atoms. The van der Waals surface area contributed by atoms with E-state index in [9.17, 15) is 0 Å². The second-order valence-corrected chi connectivity index (χ2v) is 3.78. The predicted octanol–water partition coefficient (Wildman–Crippen LogP) is 3.28. The van der Waals surface area contributed by atoms with E-state index < -0.39 is 0 Å². The van der Waals surface area contributed by atoms with E-state index in [0.29, 0.717) is 0 Å². The summed E-state index contributed by atoms with van der Waals surface area (Å²) in [4.78, 5) is 0. The van der Waals surface area contributed by atoms with E-state index >= 15 is 0 Å². The smallest absolute Gasteiger partial charge is 0.118 e. The molecule has 0 fully saturated rings. The van der Waals surface area contributed by atoms with Gasteiger partial charge >= 0.3 is 0 Å². The molecular formula is C12H18O. The summed E-state index contributed by atoms with van der Waals surface area (Å²) in [6, 6.07) is 8.33. The largest absolute Gasteiger partial charge is 0.497 e. The van der Waals surface area contributed by atoms with Crippen LogP contribution in [0.5, 0.6) is 5.75 Å². The molecule has 1 rings (SSSR count). The second kappa shape index (κ2) is 4.90. The molecule has 0 N–H and O–H groups in total. The number of hydrogen-bond acceptors (Lipinski definition) is 1. The minimum atomic E-state index is 0.780. The zero-order valence-electron chi connectivity index (χ0n) is 8.71. The normalized spacial score (nSPS) is 10.5. The number of hydrogen-bond donors (Lipinski definition) is 0. The minimum Gasteiger partial charge on any atom is -0.497 e. The molecule has 0 spiro atoms. The van der Waals surface area contributed by atoms with E-state index in [-0.39, 0.29) is 0 Å². The van der Waals surface area contributed by atoms with Crippen molar-refractivity contribution in [3.05, 3.63) is 29.8 Å². The lowest BCUT2D eigenvalue weighted by molar-refractivity contribution is 0.414. The maximum absolute atomic E-state index is 5.09. The van der Waals surface area contributed by atoms with Crippen LogP contribution in [-0.4, -0.2) is 7.11 Å². The summed E-state index contributed by atoms with van der Waals surface area (Å²) in [7, 11) is 1.70. The topological polar surface area (TPSA) is 9.23 Å². The van der Waals surface area contributed by atoms with E-state index in [0.717, 1.165) is 11.7 Å². The number of benzene rings is 1. The van der Waals surface area contributed by atoms with E-state index in [1.54, 1.807) is 7.11 Å². The molecule has 1 aromatic carbocycles. The van der Waals surface area contributed by atoms with Crippen LogP contribution in [0.3, 0.4) is 0 Å². The third-order valence-corrected chi connectivity index (χ3v) is 2.17. The lowest BCUT2D eigenvalue weighted by Gasteiger charge is -2.05. The summed E-state index contributed by atoms with van der Waals surface area (Å²) in [6.45, 7) is 4.51. The van der Waals surface area contributed by atoms with Crippen LogP contribution in [0.2, 0.25) is 0 Å². The Labute approximate surface area is 80.7 Å². The van der Waals surface area contributed by atoms with E-state index in [1.165, 1.54) is 18.4 Å². The van der Waals surface area contributed by atoms with Gasteiger partial charge in [-0.05, 0) is 36.5 Å². The fraction of sp³-hybridized carbons (Fsp3) is 0.500. The molecular weight excluding hydrogens is 160 g/mol. The minimum absolute atomic E-state index is 0.780. The van der Waals surface area contributed by atoms with Gasteiger partial charge in [-0.25, -0.2) is 0 Å². The number of methoxy groups -OCH3 is 1. The third kappa shape index (κ3) is 3.49. The van der Waals surface area contributed by atoms with Crippen molar-refractivity contribution in [1.29, 1.82) is 0 Å². The van der Waals surface area contributed by atoms with Crippen LogP contribution in [0.15, 0.2) is 24.3 Å². The van der Waals surface area contributed by atoms with Gasteiger partial charge in [0.2, 0.25) is 0 Å². The van der Waals surface area contributed by atoms with Gasteiger partial charge in [0.05, 0.1) is 7.11 Å². The highest BCUT2D eigenvalue weighted by atomic mass is 16.5. The average Bonchev–Trinajstić information content (AvgIpc) is 2.15. The molecule has 13 heavy (non-hydrogen) atoms. The Bertz CT molecular complexity index is 236. The van der Waals surface area contributed by atoms with Crippen molar-refractivity contribution in [2.24, 2.45) is 5.92 Å². The fourth-order valence-corrected chi connectivity index (χ4v) is 1.25. The highest BCUT2D eigenvalue weighted by molar-refractivity contribution is 5.27. The zero-order chi connectivity index (χ0) is 9.68. The first-order valence-electron chi connectivity index (χ1n) is 4.85. The standard InChI is InChI=1S/C12H18O/c1-10(2)4-5-11-6-8-12(13-3)9-7-11/h6-10H,4-5H2,1-3H3. The van der Waals surface area contributed by atoms with Gasteiger partial charge in [0.25, 0.3) is 0 Å². The first-order chi connectivity index (χ1) is 6.22. The molecule has 1 nitrogen and oxygen atoms in total. The number of aryl methyl sites for hydroxylation is 1. The SMILES string of the molecule is COc1ccc(CCC(C)C)cc1. The monoisotopic (exact) mass is 178 g/mol. The highest BCUT2D eigenvalue weighted by Gasteiger charge is 1.97. The van der Waals surface area contributed by atoms with Crippen molar-refractivity contribution in [2.45, 2.75) is 26.7 Å². The van der Waals surface area contributed by atoms with Crippen LogP contribution in [0, 0.1) is 5.92 Å². The summed E-state index contributed by atoms with van der Waals surface area (Å²) < 4.78 is 5.09. The first-order valence-corrected chi connectivity index (χ1v) is 4.85. The molecule has 0 amide bonds. The molecule has 0 heterocycles. The Kier molecular flexibility index (Phi) is 3.81. The molecule has 0 aliphatic heterocycles. The Hall–Kier alpha value is -0.980. The average molecular weight is 178 g/mol. The fourth-order valence-electron chi connectivity index (χ4n) is 1.25. The summed E-state index contributed by atoms with van der Waals surface area (Å²) in [6.07, 6.45) is 2.42. The van der Waals surface area contributed by atoms with E-state index in [4.69, 9.17) is 4.74 Å². The Balaban J connectivity index is 2.49. The van der Waals surface area contributed by atoms with Gasteiger partial charge in [0.15, 0.2) is 0 Å². The second-order valence-electron chi connectivity index (χ2n) is 3.78. The molecule has 0 atom stereocenters. The van der Waals surface area contributed by atoms with Crippen molar-refractivity contribution in [3.8, 4) is 5.75 Å². The van der Waals surface area contributed by atoms with Crippen molar-refractivity contribution in [2.75, 3.05) is 7.11 Å².